The van der Waals surface area contributed by atoms with E-state index in [1.165, 1.54) is 0 Å². The van der Waals surface area contributed by atoms with Gasteiger partial charge in [0, 0.05) is 6.20 Å². The fourth-order valence-corrected chi connectivity index (χ4v) is 2.30. The zero-order chi connectivity index (χ0) is 15.2. The second-order valence-corrected chi connectivity index (χ2v) is 5.14. The molecule has 0 radical (unpaired) electrons. The first kappa shape index (κ1) is 15.1. The number of nitriles is 1. The van der Waals surface area contributed by atoms with E-state index in [9.17, 15) is 0 Å². The van der Waals surface area contributed by atoms with Crippen LogP contribution in [0.15, 0.2) is 30.5 Å². The number of nitrogens with zero attached hydrogens (tertiary/aromatic N) is 3. The van der Waals surface area contributed by atoms with Crippen LogP contribution in [0.5, 0.6) is 5.75 Å². The number of hydrogen-bond donors (Lipinski definition) is 0. The molecule has 0 unspecified atom stereocenters. The van der Waals surface area contributed by atoms with Crippen molar-refractivity contribution < 1.29 is 4.74 Å². The first-order valence-electron chi connectivity index (χ1n) is 7.35. The first-order valence-corrected chi connectivity index (χ1v) is 7.35. The lowest BCUT2D eigenvalue weighted by molar-refractivity contribution is 0.295. The van der Waals surface area contributed by atoms with E-state index in [1.807, 2.05) is 29.9 Å². The highest BCUT2D eigenvalue weighted by Crippen LogP contribution is 2.21. The van der Waals surface area contributed by atoms with Crippen LogP contribution in [0.25, 0.3) is 0 Å². The maximum absolute atomic E-state index is 8.94. The molecule has 0 spiro atoms. The highest BCUT2D eigenvalue weighted by molar-refractivity contribution is 5.41. The van der Waals surface area contributed by atoms with Crippen molar-refractivity contribution in [3.63, 3.8) is 0 Å². The van der Waals surface area contributed by atoms with E-state index in [0.29, 0.717) is 18.2 Å². The standard InChI is InChI=1S/C17H21N3O/c1-4-16(5-2)20-9-8-15(19-20)12-21-17-10-14(11-18)7-6-13(17)3/h6-10,16H,4-5,12H2,1-3H3. The summed E-state index contributed by atoms with van der Waals surface area (Å²) in [4.78, 5) is 0. The molecule has 21 heavy (non-hydrogen) atoms. The van der Waals surface area contributed by atoms with Gasteiger partial charge in [0.25, 0.3) is 0 Å². The molecule has 2 rings (SSSR count). The van der Waals surface area contributed by atoms with E-state index in [1.54, 1.807) is 12.1 Å². The number of ether oxygens (including phenoxy) is 1. The van der Waals surface area contributed by atoms with Crippen LogP contribution in [-0.4, -0.2) is 9.78 Å². The summed E-state index contributed by atoms with van der Waals surface area (Å²) in [6.45, 7) is 6.73. The maximum atomic E-state index is 8.94. The molecular formula is C17H21N3O. The third-order valence-electron chi connectivity index (χ3n) is 3.67. The number of aryl methyl sites for hydroxylation is 1. The Morgan fingerprint density at radius 2 is 2.05 bits per heavy atom. The van der Waals surface area contributed by atoms with Crippen molar-refractivity contribution in [2.75, 3.05) is 0 Å². The van der Waals surface area contributed by atoms with Crippen molar-refractivity contribution in [1.29, 1.82) is 5.26 Å². The summed E-state index contributed by atoms with van der Waals surface area (Å²) in [6.07, 6.45) is 4.15. The quantitative estimate of drug-likeness (QED) is 0.805. The number of rotatable bonds is 6. The second-order valence-electron chi connectivity index (χ2n) is 5.14. The average Bonchev–Trinajstić information content (AvgIpc) is 2.96. The summed E-state index contributed by atoms with van der Waals surface area (Å²) in [5.74, 6) is 0.742. The van der Waals surface area contributed by atoms with E-state index in [2.05, 4.69) is 25.0 Å². The Morgan fingerprint density at radius 1 is 1.29 bits per heavy atom. The molecule has 0 aliphatic heterocycles. The Hall–Kier alpha value is -2.28. The van der Waals surface area contributed by atoms with Gasteiger partial charge in [-0.15, -0.1) is 0 Å². The van der Waals surface area contributed by atoms with E-state index in [-0.39, 0.29) is 0 Å². The van der Waals surface area contributed by atoms with Gasteiger partial charge in [-0.25, -0.2) is 0 Å². The normalized spacial score (nSPS) is 10.6. The minimum absolute atomic E-state index is 0.420. The average molecular weight is 283 g/mol. The summed E-state index contributed by atoms with van der Waals surface area (Å²) in [5.41, 5.74) is 2.54. The van der Waals surface area contributed by atoms with Crippen molar-refractivity contribution >= 4 is 0 Å². The van der Waals surface area contributed by atoms with E-state index >= 15 is 0 Å². The molecule has 0 aliphatic rings. The lowest BCUT2D eigenvalue weighted by atomic mass is 10.1. The SMILES string of the molecule is CCC(CC)n1ccc(COc2cc(C#N)ccc2C)n1. The largest absolute Gasteiger partial charge is 0.487 e. The highest BCUT2D eigenvalue weighted by atomic mass is 16.5. The van der Waals surface area contributed by atoms with Crippen molar-refractivity contribution in [3.05, 3.63) is 47.3 Å². The summed E-state index contributed by atoms with van der Waals surface area (Å²) in [7, 11) is 0. The van der Waals surface area contributed by atoms with Gasteiger partial charge >= 0.3 is 0 Å². The van der Waals surface area contributed by atoms with Crippen LogP contribution in [0.2, 0.25) is 0 Å². The molecule has 4 heteroatoms. The van der Waals surface area contributed by atoms with Gasteiger partial charge in [-0.05, 0) is 43.5 Å². The maximum Gasteiger partial charge on any atom is 0.132 e. The van der Waals surface area contributed by atoms with Gasteiger partial charge in [0.15, 0.2) is 0 Å². The zero-order valence-corrected chi connectivity index (χ0v) is 12.8. The molecular weight excluding hydrogens is 262 g/mol. The molecule has 0 amide bonds. The lowest BCUT2D eigenvalue weighted by Crippen LogP contribution is -2.08. The Balaban J connectivity index is 2.05. The lowest BCUT2D eigenvalue weighted by Gasteiger charge is -2.12. The summed E-state index contributed by atoms with van der Waals surface area (Å²) < 4.78 is 7.81. The van der Waals surface area contributed by atoms with Gasteiger partial charge < -0.3 is 4.74 Å². The Labute approximate surface area is 126 Å². The Bertz CT molecular complexity index is 636. The minimum atomic E-state index is 0.420. The summed E-state index contributed by atoms with van der Waals surface area (Å²) in [6, 6.07) is 10.0. The van der Waals surface area contributed by atoms with Crippen LogP contribution >= 0.6 is 0 Å². The van der Waals surface area contributed by atoms with Gasteiger partial charge in [0.1, 0.15) is 12.4 Å². The van der Waals surface area contributed by atoms with Gasteiger partial charge in [0.05, 0.1) is 23.4 Å². The topological polar surface area (TPSA) is 50.8 Å². The van der Waals surface area contributed by atoms with E-state index in [0.717, 1.165) is 29.8 Å². The smallest absolute Gasteiger partial charge is 0.132 e. The second kappa shape index (κ2) is 6.94. The molecule has 0 atom stereocenters. The predicted molar refractivity (Wildman–Crippen MR) is 82.1 cm³/mol. The van der Waals surface area contributed by atoms with Crippen LogP contribution < -0.4 is 4.74 Å². The molecule has 2 aromatic rings. The first-order chi connectivity index (χ1) is 10.2. The highest BCUT2D eigenvalue weighted by Gasteiger charge is 2.09. The van der Waals surface area contributed by atoms with Crippen molar-refractivity contribution in [3.8, 4) is 11.8 Å². The van der Waals surface area contributed by atoms with Crippen LogP contribution in [0.3, 0.4) is 0 Å². The molecule has 0 saturated carbocycles. The molecule has 0 fully saturated rings. The summed E-state index contributed by atoms with van der Waals surface area (Å²) >= 11 is 0. The Kier molecular flexibility index (Phi) is 4.99. The predicted octanol–water partition coefficient (Wildman–Crippen LogP) is 4.00. The zero-order valence-electron chi connectivity index (χ0n) is 12.8. The number of aromatic nitrogens is 2. The third kappa shape index (κ3) is 3.63. The molecule has 110 valence electrons. The molecule has 1 aromatic heterocycles. The molecule has 4 nitrogen and oxygen atoms in total. The minimum Gasteiger partial charge on any atom is -0.487 e. The molecule has 0 N–H and O–H groups in total. The van der Waals surface area contributed by atoms with Crippen molar-refractivity contribution in [2.24, 2.45) is 0 Å². The fraction of sp³-hybridized carbons (Fsp3) is 0.412. The van der Waals surface area contributed by atoms with Crippen LogP contribution in [-0.2, 0) is 6.61 Å². The van der Waals surface area contributed by atoms with Crippen LogP contribution in [0, 0.1) is 18.3 Å². The monoisotopic (exact) mass is 283 g/mol. The number of benzene rings is 1. The van der Waals surface area contributed by atoms with Gasteiger partial charge in [0.2, 0.25) is 0 Å². The molecule has 0 aliphatic carbocycles. The molecule has 1 aromatic carbocycles. The van der Waals surface area contributed by atoms with Gasteiger partial charge in [-0.3, -0.25) is 4.68 Å². The molecule has 1 heterocycles. The van der Waals surface area contributed by atoms with Gasteiger partial charge in [-0.2, -0.15) is 10.4 Å². The molecule has 0 bridgehead atoms. The molecule has 0 saturated heterocycles. The van der Waals surface area contributed by atoms with Crippen LogP contribution in [0.1, 0.15) is 49.6 Å². The number of hydrogen-bond acceptors (Lipinski definition) is 3. The van der Waals surface area contributed by atoms with Gasteiger partial charge in [-0.1, -0.05) is 19.9 Å². The summed E-state index contributed by atoms with van der Waals surface area (Å²) in [5, 5.41) is 13.5. The van der Waals surface area contributed by atoms with Crippen molar-refractivity contribution in [2.45, 2.75) is 46.3 Å². The Morgan fingerprint density at radius 3 is 2.71 bits per heavy atom. The fourth-order valence-electron chi connectivity index (χ4n) is 2.30. The van der Waals surface area contributed by atoms with Crippen LogP contribution in [0.4, 0.5) is 0 Å². The van der Waals surface area contributed by atoms with E-state index in [4.69, 9.17) is 10.00 Å². The van der Waals surface area contributed by atoms with E-state index < -0.39 is 0 Å². The third-order valence-corrected chi connectivity index (χ3v) is 3.67. The van der Waals surface area contributed by atoms with Crippen molar-refractivity contribution in [1.82, 2.24) is 9.78 Å².